The molecule has 1 heterocycles. The number of hydrogen-bond donors (Lipinski definition) is 0. The van der Waals surface area contributed by atoms with E-state index in [2.05, 4.69) is 6.92 Å². The number of ether oxygens (including phenoxy) is 3. The molecule has 196 valence electrons. The Morgan fingerprint density at radius 1 is 1.05 bits per heavy atom. The topological polar surface area (TPSA) is 77.4 Å². The standard InChI is InChI=1S/C29H34N2O5S/c1-4-34-25-17-21(15-16-24(25)36-19-27(32)35-5-2)18-26-28(33)31(23-14-10-9-11-20(23)3)29(37-26)30-22-12-7-6-8-13-22/h6-8,12-13,15-18,20,23H,4-5,9-11,14,19H2,1-3H3/b26-18-,30-29?/t20-,23+/m0/s1. The van der Waals surface area contributed by atoms with Crippen LogP contribution in [0.1, 0.15) is 52.0 Å². The van der Waals surface area contributed by atoms with Crippen LogP contribution in [0.15, 0.2) is 58.4 Å². The molecule has 1 saturated heterocycles. The highest BCUT2D eigenvalue weighted by atomic mass is 32.2. The first-order valence-corrected chi connectivity index (χ1v) is 13.7. The third kappa shape index (κ3) is 6.74. The minimum Gasteiger partial charge on any atom is -0.490 e. The summed E-state index contributed by atoms with van der Waals surface area (Å²) >= 11 is 1.41. The van der Waals surface area contributed by atoms with Gasteiger partial charge in [0.05, 0.1) is 23.8 Å². The zero-order valence-electron chi connectivity index (χ0n) is 21.6. The lowest BCUT2D eigenvalue weighted by molar-refractivity contribution is -0.145. The van der Waals surface area contributed by atoms with E-state index >= 15 is 0 Å². The number of amidine groups is 1. The van der Waals surface area contributed by atoms with E-state index in [1.165, 1.54) is 18.2 Å². The number of hydrogen-bond acceptors (Lipinski definition) is 7. The molecule has 1 amide bonds. The van der Waals surface area contributed by atoms with Gasteiger partial charge in [0.2, 0.25) is 0 Å². The molecule has 2 fully saturated rings. The average molecular weight is 523 g/mol. The molecule has 1 aliphatic carbocycles. The van der Waals surface area contributed by atoms with Crippen molar-refractivity contribution < 1.29 is 23.8 Å². The number of aliphatic imine (C=N–C) groups is 1. The summed E-state index contributed by atoms with van der Waals surface area (Å²) in [5, 5.41) is 0.723. The molecular formula is C29H34N2O5S. The van der Waals surface area contributed by atoms with Crippen molar-refractivity contribution in [3.8, 4) is 11.5 Å². The molecule has 0 bridgehead atoms. The zero-order valence-corrected chi connectivity index (χ0v) is 22.5. The molecule has 0 aromatic heterocycles. The maximum absolute atomic E-state index is 13.7. The van der Waals surface area contributed by atoms with Gasteiger partial charge in [-0.15, -0.1) is 0 Å². The van der Waals surface area contributed by atoms with Gasteiger partial charge >= 0.3 is 5.97 Å². The van der Waals surface area contributed by atoms with Crippen LogP contribution in [0.4, 0.5) is 5.69 Å². The van der Waals surface area contributed by atoms with Crippen molar-refractivity contribution >= 4 is 40.6 Å². The first kappa shape index (κ1) is 26.8. The number of esters is 1. The number of rotatable bonds is 9. The SMILES string of the molecule is CCOC(=O)COc1ccc(/C=C2\SC(=Nc3ccccc3)N([C@@H]3CCCC[C@@H]3C)C2=O)cc1OCC. The van der Waals surface area contributed by atoms with Crippen LogP contribution in [0.2, 0.25) is 0 Å². The van der Waals surface area contributed by atoms with E-state index in [1.54, 1.807) is 13.0 Å². The predicted molar refractivity (Wildman–Crippen MR) is 147 cm³/mol. The molecular weight excluding hydrogens is 488 g/mol. The molecule has 8 heteroatoms. The Hall–Kier alpha value is -3.26. The fraction of sp³-hybridized carbons (Fsp3) is 0.414. The minimum atomic E-state index is -0.439. The Morgan fingerprint density at radius 2 is 1.84 bits per heavy atom. The molecule has 4 rings (SSSR count). The van der Waals surface area contributed by atoms with Crippen molar-refractivity contribution in [1.29, 1.82) is 0 Å². The van der Waals surface area contributed by atoms with Crippen LogP contribution in [0.5, 0.6) is 11.5 Å². The fourth-order valence-electron chi connectivity index (χ4n) is 4.64. The summed E-state index contributed by atoms with van der Waals surface area (Å²) in [6.07, 6.45) is 6.29. The largest absolute Gasteiger partial charge is 0.490 e. The number of amides is 1. The minimum absolute atomic E-state index is 0.0148. The second kappa shape index (κ2) is 12.8. The van der Waals surface area contributed by atoms with E-state index in [-0.39, 0.29) is 18.6 Å². The lowest BCUT2D eigenvalue weighted by Gasteiger charge is -2.35. The molecule has 7 nitrogen and oxygen atoms in total. The number of carbonyl (C=O) groups excluding carboxylic acids is 2. The van der Waals surface area contributed by atoms with Gasteiger partial charge in [-0.05, 0) is 80.3 Å². The third-order valence-corrected chi connectivity index (χ3v) is 7.41. The van der Waals surface area contributed by atoms with Crippen LogP contribution in [-0.2, 0) is 14.3 Å². The molecule has 0 spiro atoms. The summed E-state index contributed by atoms with van der Waals surface area (Å²) < 4.78 is 16.3. The second-order valence-corrected chi connectivity index (χ2v) is 10.1. The average Bonchev–Trinajstić information content (AvgIpc) is 3.19. The number of carbonyl (C=O) groups is 2. The lowest BCUT2D eigenvalue weighted by atomic mass is 9.85. The molecule has 0 unspecified atom stereocenters. The van der Waals surface area contributed by atoms with Gasteiger partial charge in [-0.1, -0.05) is 44.0 Å². The fourth-order valence-corrected chi connectivity index (χ4v) is 5.69. The normalized spacial score (nSPS) is 21.9. The van der Waals surface area contributed by atoms with Crippen molar-refractivity contribution in [3.63, 3.8) is 0 Å². The molecule has 0 radical (unpaired) electrons. The van der Waals surface area contributed by atoms with E-state index in [0.717, 1.165) is 35.7 Å². The van der Waals surface area contributed by atoms with Gasteiger partial charge in [0.15, 0.2) is 23.3 Å². The molecule has 37 heavy (non-hydrogen) atoms. The predicted octanol–water partition coefficient (Wildman–Crippen LogP) is 6.21. The quantitative estimate of drug-likeness (QED) is 0.288. The highest BCUT2D eigenvalue weighted by molar-refractivity contribution is 8.18. The van der Waals surface area contributed by atoms with Gasteiger partial charge < -0.3 is 14.2 Å². The van der Waals surface area contributed by atoms with Gasteiger partial charge in [0, 0.05) is 6.04 Å². The number of para-hydroxylation sites is 1. The van der Waals surface area contributed by atoms with Crippen molar-refractivity contribution in [1.82, 2.24) is 4.90 Å². The summed E-state index contributed by atoms with van der Waals surface area (Å²) in [4.78, 5) is 32.8. The van der Waals surface area contributed by atoms with Gasteiger partial charge in [-0.25, -0.2) is 9.79 Å². The molecule has 2 aromatic carbocycles. The zero-order chi connectivity index (χ0) is 26.2. The van der Waals surface area contributed by atoms with Crippen molar-refractivity contribution in [3.05, 3.63) is 59.0 Å². The first-order chi connectivity index (χ1) is 18.0. The summed E-state index contributed by atoms with van der Waals surface area (Å²) in [7, 11) is 0. The van der Waals surface area contributed by atoms with Crippen molar-refractivity contribution in [2.24, 2.45) is 10.9 Å². The van der Waals surface area contributed by atoms with Gasteiger partial charge in [0.25, 0.3) is 5.91 Å². The summed E-state index contributed by atoms with van der Waals surface area (Å²) in [5.41, 5.74) is 1.63. The van der Waals surface area contributed by atoms with Crippen LogP contribution in [0, 0.1) is 5.92 Å². The monoisotopic (exact) mass is 522 g/mol. The number of nitrogens with zero attached hydrogens (tertiary/aromatic N) is 2. The number of thioether (sulfide) groups is 1. The van der Waals surface area contributed by atoms with E-state index in [9.17, 15) is 9.59 Å². The Labute approximate surface area is 222 Å². The maximum Gasteiger partial charge on any atom is 0.344 e. The summed E-state index contributed by atoms with van der Waals surface area (Å²) in [5.74, 6) is 0.920. The molecule has 1 aliphatic heterocycles. The molecule has 2 atom stereocenters. The smallest absolute Gasteiger partial charge is 0.344 e. The van der Waals surface area contributed by atoms with Crippen molar-refractivity contribution in [2.75, 3.05) is 19.8 Å². The lowest BCUT2D eigenvalue weighted by Crippen LogP contribution is -2.44. The Bertz CT molecular complexity index is 1160. The van der Waals surface area contributed by atoms with Gasteiger partial charge in [-0.3, -0.25) is 9.69 Å². The first-order valence-electron chi connectivity index (χ1n) is 12.9. The van der Waals surface area contributed by atoms with E-state index in [1.807, 2.05) is 60.4 Å². The van der Waals surface area contributed by atoms with E-state index in [4.69, 9.17) is 19.2 Å². The van der Waals surface area contributed by atoms with Crippen LogP contribution >= 0.6 is 11.8 Å². The van der Waals surface area contributed by atoms with Gasteiger partial charge in [-0.2, -0.15) is 0 Å². The highest BCUT2D eigenvalue weighted by Crippen LogP contribution is 2.40. The second-order valence-electron chi connectivity index (χ2n) is 9.08. The highest BCUT2D eigenvalue weighted by Gasteiger charge is 2.41. The molecule has 2 aromatic rings. The Morgan fingerprint density at radius 3 is 2.57 bits per heavy atom. The van der Waals surface area contributed by atoms with Crippen LogP contribution in [0.25, 0.3) is 6.08 Å². The van der Waals surface area contributed by atoms with E-state index in [0.29, 0.717) is 35.5 Å². The molecule has 2 aliphatic rings. The Balaban J connectivity index is 1.63. The van der Waals surface area contributed by atoms with Crippen LogP contribution < -0.4 is 9.47 Å². The molecule has 1 saturated carbocycles. The van der Waals surface area contributed by atoms with Crippen LogP contribution in [-0.4, -0.2) is 47.8 Å². The number of benzene rings is 2. The van der Waals surface area contributed by atoms with E-state index < -0.39 is 5.97 Å². The van der Waals surface area contributed by atoms with Crippen LogP contribution in [0.3, 0.4) is 0 Å². The Kier molecular flexibility index (Phi) is 9.28. The molecule has 0 N–H and O–H groups in total. The van der Waals surface area contributed by atoms with Gasteiger partial charge in [0.1, 0.15) is 0 Å². The maximum atomic E-state index is 13.7. The summed E-state index contributed by atoms with van der Waals surface area (Å²) in [6.45, 7) is 6.39. The summed E-state index contributed by atoms with van der Waals surface area (Å²) in [6, 6.07) is 15.3. The van der Waals surface area contributed by atoms with Crippen molar-refractivity contribution in [2.45, 2.75) is 52.5 Å². The third-order valence-electron chi connectivity index (χ3n) is 6.43.